The van der Waals surface area contributed by atoms with Crippen LogP contribution in [0, 0.1) is 5.92 Å². The lowest BCUT2D eigenvalue weighted by Crippen LogP contribution is -2.33. The molecular formula is C14H28N2. The van der Waals surface area contributed by atoms with Crippen molar-refractivity contribution in [2.75, 3.05) is 26.7 Å². The summed E-state index contributed by atoms with van der Waals surface area (Å²) in [6.45, 7) is 9.80. The second-order valence-electron chi connectivity index (χ2n) is 5.26. The van der Waals surface area contributed by atoms with Crippen molar-refractivity contribution in [2.24, 2.45) is 5.92 Å². The van der Waals surface area contributed by atoms with Crippen LogP contribution in [0.5, 0.6) is 0 Å². The van der Waals surface area contributed by atoms with Gasteiger partial charge in [-0.15, -0.1) is 6.58 Å². The number of hydrogen-bond donors (Lipinski definition) is 1. The Labute approximate surface area is 101 Å². The fraction of sp³-hybridized carbons (Fsp3) is 0.857. The Bertz CT molecular complexity index is 183. The molecule has 16 heavy (non-hydrogen) atoms. The maximum atomic E-state index is 3.76. The van der Waals surface area contributed by atoms with Crippen molar-refractivity contribution in [3.63, 3.8) is 0 Å². The molecule has 0 saturated carbocycles. The molecule has 1 N–H and O–H groups in total. The molecule has 0 bridgehead atoms. The van der Waals surface area contributed by atoms with Crippen LogP contribution in [0.3, 0.4) is 0 Å². The molecule has 1 aliphatic rings. The largest absolute Gasteiger partial charge is 0.314 e. The zero-order valence-electron chi connectivity index (χ0n) is 11.0. The Morgan fingerprint density at radius 1 is 1.44 bits per heavy atom. The Morgan fingerprint density at radius 3 is 2.75 bits per heavy atom. The number of nitrogens with one attached hydrogen (secondary N) is 1. The quantitative estimate of drug-likeness (QED) is 0.669. The first-order chi connectivity index (χ1) is 7.72. The van der Waals surface area contributed by atoms with Gasteiger partial charge in [0.25, 0.3) is 0 Å². The number of piperidine rings is 1. The van der Waals surface area contributed by atoms with Crippen molar-refractivity contribution in [1.82, 2.24) is 10.2 Å². The molecule has 1 rings (SSSR count). The average molecular weight is 224 g/mol. The lowest BCUT2D eigenvalue weighted by Gasteiger charge is -2.29. The van der Waals surface area contributed by atoms with Gasteiger partial charge >= 0.3 is 0 Å². The van der Waals surface area contributed by atoms with Crippen molar-refractivity contribution >= 4 is 0 Å². The van der Waals surface area contributed by atoms with E-state index >= 15 is 0 Å². The fourth-order valence-electron chi connectivity index (χ4n) is 2.35. The van der Waals surface area contributed by atoms with E-state index in [9.17, 15) is 0 Å². The predicted octanol–water partition coefficient (Wildman–Crippen LogP) is 2.66. The Hall–Kier alpha value is -0.340. The summed E-state index contributed by atoms with van der Waals surface area (Å²) in [7, 11) is 2.23. The van der Waals surface area contributed by atoms with E-state index in [-0.39, 0.29) is 0 Å². The second-order valence-corrected chi connectivity index (χ2v) is 5.26. The second kappa shape index (κ2) is 7.86. The topological polar surface area (TPSA) is 15.3 Å². The minimum absolute atomic E-state index is 0.643. The maximum absolute atomic E-state index is 3.76. The molecular weight excluding hydrogens is 196 g/mol. The summed E-state index contributed by atoms with van der Waals surface area (Å²) in [6.07, 6.45) is 8.49. The predicted molar refractivity (Wildman–Crippen MR) is 71.7 cm³/mol. The molecule has 0 aromatic carbocycles. The molecule has 1 fully saturated rings. The van der Waals surface area contributed by atoms with E-state index in [1.165, 1.54) is 45.3 Å². The van der Waals surface area contributed by atoms with Crippen LogP contribution in [-0.2, 0) is 0 Å². The van der Waals surface area contributed by atoms with Gasteiger partial charge in [-0.1, -0.05) is 6.08 Å². The fourth-order valence-corrected chi connectivity index (χ4v) is 2.35. The summed E-state index contributed by atoms with van der Waals surface area (Å²) in [4.78, 5) is 2.44. The summed E-state index contributed by atoms with van der Waals surface area (Å²) in [6, 6.07) is 0.643. The van der Waals surface area contributed by atoms with Gasteiger partial charge in [-0.25, -0.2) is 0 Å². The smallest absolute Gasteiger partial charge is 0.00416 e. The van der Waals surface area contributed by atoms with Crippen LogP contribution in [0.4, 0.5) is 0 Å². The molecule has 0 aromatic rings. The standard InChI is InChI=1S/C14H28N2/c1-4-5-6-13(2)15-10-7-14-8-11-16(3)12-9-14/h4,13-15H,1,5-12H2,2-3H3. The maximum Gasteiger partial charge on any atom is 0.00416 e. The van der Waals surface area contributed by atoms with Gasteiger partial charge in [-0.3, -0.25) is 0 Å². The molecule has 0 aliphatic carbocycles. The highest BCUT2D eigenvalue weighted by Gasteiger charge is 2.16. The first kappa shape index (κ1) is 13.7. The van der Waals surface area contributed by atoms with Crippen LogP contribution >= 0.6 is 0 Å². The first-order valence-electron chi connectivity index (χ1n) is 6.75. The van der Waals surface area contributed by atoms with Gasteiger partial charge in [0.2, 0.25) is 0 Å². The molecule has 0 spiro atoms. The van der Waals surface area contributed by atoms with Crippen molar-refractivity contribution in [3.8, 4) is 0 Å². The van der Waals surface area contributed by atoms with E-state index in [1.54, 1.807) is 0 Å². The Balaban J connectivity index is 2.00. The third-order valence-electron chi connectivity index (χ3n) is 3.69. The zero-order valence-corrected chi connectivity index (χ0v) is 11.0. The molecule has 1 heterocycles. The summed E-state index contributed by atoms with van der Waals surface area (Å²) in [5.41, 5.74) is 0. The minimum Gasteiger partial charge on any atom is -0.314 e. The third kappa shape index (κ3) is 5.66. The molecule has 1 saturated heterocycles. The van der Waals surface area contributed by atoms with E-state index < -0.39 is 0 Å². The van der Waals surface area contributed by atoms with Gasteiger partial charge in [0.15, 0.2) is 0 Å². The number of likely N-dealkylation sites (tertiary alicyclic amines) is 1. The van der Waals surface area contributed by atoms with E-state index in [1.807, 2.05) is 6.08 Å². The van der Waals surface area contributed by atoms with Crippen LogP contribution in [0.15, 0.2) is 12.7 Å². The molecule has 2 heteroatoms. The van der Waals surface area contributed by atoms with Crippen LogP contribution in [0.25, 0.3) is 0 Å². The average Bonchev–Trinajstić information content (AvgIpc) is 2.29. The molecule has 0 amide bonds. The number of rotatable bonds is 7. The normalized spacial score (nSPS) is 20.9. The highest BCUT2D eigenvalue weighted by molar-refractivity contribution is 4.73. The lowest BCUT2D eigenvalue weighted by molar-refractivity contribution is 0.210. The minimum atomic E-state index is 0.643. The molecule has 94 valence electrons. The lowest BCUT2D eigenvalue weighted by atomic mass is 9.94. The van der Waals surface area contributed by atoms with E-state index in [2.05, 4.69) is 30.8 Å². The van der Waals surface area contributed by atoms with E-state index in [0.717, 1.165) is 12.3 Å². The highest BCUT2D eigenvalue weighted by Crippen LogP contribution is 2.18. The monoisotopic (exact) mass is 224 g/mol. The van der Waals surface area contributed by atoms with Crippen molar-refractivity contribution < 1.29 is 0 Å². The van der Waals surface area contributed by atoms with Gasteiger partial charge < -0.3 is 10.2 Å². The first-order valence-corrected chi connectivity index (χ1v) is 6.75. The molecule has 0 radical (unpaired) electrons. The summed E-state index contributed by atoms with van der Waals surface area (Å²) in [5.74, 6) is 0.954. The molecule has 2 nitrogen and oxygen atoms in total. The Morgan fingerprint density at radius 2 is 2.12 bits per heavy atom. The Kier molecular flexibility index (Phi) is 6.74. The van der Waals surface area contributed by atoms with Gasteiger partial charge in [0.05, 0.1) is 0 Å². The number of nitrogens with zero attached hydrogens (tertiary/aromatic N) is 1. The van der Waals surface area contributed by atoms with Crippen LogP contribution < -0.4 is 5.32 Å². The van der Waals surface area contributed by atoms with Crippen LogP contribution in [0.1, 0.15) is 39.0 Å². The van der Waals surface area contributed by atoms with Gasteiger partial charge in [0, 0.05) is 6.04 Å². The molecule has 0 aromatic heterocycles. The van der Waals surface area contributed by atoms with Gasteiger partial charge in [-0.05, 0) is 71.6 Å². The zero-order chi connectivity index (χ0) is 11.8. The van der Waals surface area contributed by atoms with Crippen LogP contribution in [0.2, 0.25) is 0 Å². The highest BCUT2D eigenvalue weighted by atomic mass is 15.1. The van der Waals surface area contributed by atoms with Crippen molar-refractivity contribution in [2.45, 2.75) is 45.1 Å². The third-order valence-corrected chi connectivity index (χ3v) is 3.69. The molecule has 1 unspecified atom stereocenters. The number of hydrogen-bond acceptors (Lipinski definition) is 2. The summed E-state index contributed by atoms with van der Waals surface area (Å²) in [5, 5.41) is 3.61. The number of allylic oxidation sites excluding steroid dienone is 1. The van der Waals surface area contributed by atoms with Gasteiger partial charge in [0.1, 0.15) is 0 Å². The van der Waals surface area contributed by atoms with Crippen molar-refractivity contribution in [3.05, 3.63) is 12.7 Å². The SMILES string of the molecule is C=CCCC(C)NCCC1CCN(C)CC1. The van der Waals surface area contributed by atoms with Crippen LogP contribution in [-0.4, -0.2) is 37.6 Å². The van der Waals surface area contributed by atoms with Crippen molar-refractivity contribution in [1.29, 1.82) is 0 Å². The van der Waals surface area contributed by atoms with E-state index in [0.29, 0.717) is 6.04 Å². The van der Waals surface area contributed by atoms with Gasteiger partial charge in [-0.2, -0.15) is 0 Å². The molecule has 1 atom stereocenters. The van der Waals surface area contributed by atoms with E-state index in [4.69, 9.17) is 0 Å². The summed E-state index contributed by atoms with van der Waals surface area (Å²) >= 11 is 0. The summed E-state index contributed by atoms with van der Waals surface area (Å²) < 4.78 is 0. The molecule has 1 aliphatic heterocycles.